The highest BCUT2D eigenvalue weighted by Gasteiger charge is 2.29. The number of halogens is 1. The van der Waals surface area contributed by atoms with E-state index in [4.69, 9.17) is 4.74 Å². The second-order valence-electron chi connectivity index (χ2n) is 3.57. The number of ether oxygens (including phenoxy) is 1. The summed E-state index contributed by atoms with van der Waals surface area (Å²) in [7, 11) is 0. The van der Waals surface area contributed by atoms with Gasteiger partial charge >= 0.3 is 0 Å². The van der Waals surface area contributed by atoms with E-state index < -0.39 is 0 Å². The molecule has 1 saturated heterocycles. The van der Waals surface area contributed by atoms with Crippen molar-refractivity contribution in [3.8, 4) is 0 Å². The number of hydrogen-bond acceptors (Lipinski definition) is 2. The van der Waals surface area contributed by atoms with E-state index in [0.717, 1.165) is 26.1 Å². The van der Waals surface area contributed by atoms with Crippen molar-refractivity contribution in [1.82, 2.24) is 5.32 Å². The van der Waals surface area contributed by atoms with Crippen LogP contribution in [-0.2, 0) is 11.2 Å². The Kier molecular flexibility index (Phi) is 3.41. The Morgan fingerprint density at radius 2 is 2.14 bits per heavy atom. The molecule has 1 unspecified atom stereocenters. The predicted molar refractivity (Wildman–Crippen MR) is 65.7 cm³/mol. The number of morpholine rings is 1. The lowest BCUT2D eigenvalue weighted by Gasteiger charge is -2.32. The fourth-order valence-electron chi connectivity index (χ4n) is 1.65. The molecule has 0 amide bonds. The molecule has 3 heteroatoms. The zero-order valence-electron chi connectivity index (χ0n) is 8.00. The summed E-state index contributed by atoms with van der Waals surface area (Å²) in [5.74, 6) is 0. The lowest BCUT2D eigenvalue weighted by Crippen LogP contribution is -2.46. The highest BCUT2D eigenvalue weighted by atomic mass is 127. The van der Waals surface area contributed by atoms with Gasteiger partial charge in [0.25, 0.3) is 0 Å². The zero-order chi connectivity index (χ0) is 9.86. The van der Waals surface area contributed by atoms with Crippen LogP contribution in [0.25, 0.3) is 0 Å². The van der Waals surface area contributed by atoms with Gasteiger partial charge in [-0.05, 0) is 28.2 Å². The minimum absolute atomic E-state index is 0.0582. The van der Waals surface area contributed by atoms with E-state index in [9.17, 15) is 0 Å². The second kappa shape index (κ2) is 4.59. The van der Waals surface area contributed by atoms with Gasteiger partial charge in [0, 0.05) is 19.5 Å². The smallest absolute Gasteiger partial charge is 0.135 e. The Morgan fingerprint density at radius 1 is 1.36 bits per heavy atom. The van der Waals surface area contributed by atoms with Gasteiger partial charge in [-0.1, -0.05) is 30.3 Å². The molecule has 76 valence electrons. The number of benzene rings is 1. The van der Waals surface area contributed by atoms with Crippen molar-refractivity contribution in [3.63, 3.8) is 0 Å². The van der Waals surface area contributed by atoms with E-state index >= 15 is 0 Å². The normalized spacial score (nSPS) is 27.5. The summed E-state index contributed by atoms with van der Waals surface area (Å²) in [5.41, 5.74) is 1.34. The lowest BCUT2D eigenvalue weighted by molar-refractivity contribution is 0.0159. The maximum Gasteiger partial charge on any atom is 0.135 e. The molecule has 0 aromatic heterocycles. The molecule has 0 radical (unpaired) electrons. The average Bonchev–Trinajstić information content (AvgIpc) is 2.19. The van der Waals surface area contributed by atoms with Crippen molar-refractivity contribution in [2.75, 3.05) is 19.7 Å². The van der Waals surface area contributed by atoms with Crippen LogP contribution in [0.15, 0.2) is 30.3 Å². The van der Waals surface area contributed by atoms with Crippen LogP contribution >= 0.6 is 22.6 Å². The van der Waals surface area contributed by atoms with Crippen LogP contribution in [0.5, 0.6) is 0 Å². The van der Waals surface area contributed by atoms with Crippen LogP contribution in [-0.4, -0.2) is 23.3 Å². The first-order chi connectivity index (χ1) is 6.79. The SMILES string of the molecule is IC1(Cc2ccccc2)CNCCO1. The molecule has 0 saturated carbocycles. The first kappa shape index (κ1) is 10.4. The van der Waals surface area contributed by atoms with Gasteiger partial charge in [0.15, 0.2) is 0 Å². The molecule has 2 rings (SSSR count). The third-order valence-corrected chi connectivity index (χ3v) is 3.41. The molecule has 1 fully saturated rings. The summed E-state index contributed by atoms with van der Waals surface area (Å²) in [4.78, 5) is 0. The fraction of sp³-hybridized carbons (Fsp3) is 0.455. The molecule has 1 atom stereocenters. The molecule has 1 aromatic rings. The lowest BCUT2D eigenvalue weighted by atomic mass is 10.1. The third kappa shape index (κ3) is 2.68. The van der Waals surface area contributed by atoms with E-state index in [-0.39, 0.29) is 3.61 Å². The molecule has 1 heterocycles. The summed E-state index contributed by atoms with van der Waals surface area (Å²) in [6.07, 6.45) is 0.974. The molecular formula is C11H14INO. The van der Waals surface area contributed by atoms with E-state index in [1.165, 1.54) is 5.56 Å². The monoisotopic (exact) mass is 303 g/mol. The number of rotatable bonds is 2. The Hall–Kier alpha value is -0.130. The van der Waals surface area contributed by atoms with E-state index in [1.54, 1.807) is 0 Å². The van der Waals surface area contributed by atoms with Crippen LogP contribution in [0.2, 0.25) is 0 Å². The minimum atomic E-state index is -0.0582. The molecule has 1 N–H and O–H groups in total. The predicted octanol–water partition coefficient (Wildman–Crippen LogP) is 1.98. The molecule has 1 aliphatic rings. The molecule has 14 heavy (non-hydrogen) atoms. The summed E-state index contributed by atoms with van der Waals surface area (Å²) < 4.78 is 5.74. The average molecular weight is 303 g/mol. The topological polar surface area (TPSA) is 21.3 Å². The first-order valence-electron chi connectivity index (χ1n) is 4.86. The van der Waals surface area contributed by atoms with E-state index in [1.807, 2.05) is 6.07 Å². The molecule has 1 aliphatic heterocycles. The van der Waals surface area contributed by atoms with Gasteiger partial charge < -0.3 is 10.1 Å². The minimum Gasteiger partial charge on any atom is -0.362 e. The van der Waals surface area contributed by atoms with Crippen molar-refractivity contribution < 1.29 is 4.74 Å². The largest absolute Gasteiger partial charge is 0.362 e. The van der Waals surface area contributed by atoms with Crippen LogP contribution in [0.4, 0.5) is 0 Å². The molecule has 0 aliphatic carbocycles. The Labute approximate surface area is 98.2 Å². The van der Waals surface area contributed by atoms with E-state index in [2.05, 4.69) is 52.2 Å². The van der Waals surface area contributed by atoms with Crippen LogP contribution < -0.4 is 5.32 Å². The molecule has 1 aromatic carbocycles. The molecular weight excluding hydrogens is 289 g/mol. The molecule has 2 nitrogen and oxygen atoms in total. The number of nitrogens with one attached hydrogen (secondary N) is 1. The number of hydrogen-bond donors (Lipinski definition) is 1. The van der Waals surface area contributed by atoms with Gasteiger partial charge in [-0.3, -0.25) is 0 Å². The van der Waals surface area contributed by atoms with Gasteiger partial charge in [-0.2, -0.15) is 0 Å². The summed E-state index contributed by atoms with van der Waals surface area (Å²) in [6.45, 7) is 2.72. The maximum atomic E-state index is 5.79. The van der Waals surface area contributed by atoms with Gasteiger partial charge in [0.2, 0.25) is 0 Å². The van der Waals surface area contributed by atoms with Gasteiger partial charge in [-0.15, -0.1) is 0 Å². The second-order valence-corrected chi connectivity index (χ2v) is 5.54. The van der Waals surface area contributed by atoms with Crippen molar-refractivity contribution >= 4 is 22.6 Å². The molecule has 0 spiro atoms. The van der Waals surface area contributed by atoms with Gasteiger partial charge in [0.1, 0.15) is 3.61 Å². The third-order valence-electron chi connectivity index (χ3n) is 2.34. The van der Waals surface area contributed by atoms with Crippen molar-refractivity contribution in [2.24, 2.45) is 0 Å². The highest BCUT2D eigenvalue weighted by Crippen LogP contribution is 2.26. The Bertz CT molecular complexity index is 283. The first-order valence-corrected chi connectivity index (χ1v) is 5.94. The van der Waals surface area contributed by atoms with Crippen LogP contribution in [0.1, 0.15) is 5.56 Å². The van der Waals surface area contributed by atoms with Crippen LogP contribution in [0.3, 0.4) is 0 Å². The van der Waals surface area contributed by atoms with Crippen molar-refractivity contribution in [3.05, 3.63) is 35.9 Å². The van der Waals surface area contributed by atoms with E-state index in [0.29, 0.717) is 0 Å². The Morgan fingerprint density at radius 3 is 2.79 bits per heavy atom. The number of alkyl halides is 1. The van der Waals surface area contributed by atoms with Crippen molar-refractivity contribution in [2.45, 2.75) is 10.0 Å². The fourth-order valence-corrected chi connectivity index (χ4v) is 2.58. The zero-order valence-corrected chi connectivity index (χ0v) is 10.2. The maximum absolute atomic E-state index is 5.79. The molecule has 0 bridgehead atoms. The summed E-state index contributed by atoms with van der Waals surface area (Å²) >= 11 is 2.41. The van der Waals surface area contributed by atoms with Crippen LogP contribution in [0, 0.1) is 0 Å². The van der Waals surface area contributed by atoms with Crippen molar-refractivity contribution in [1.29, 1.82) is 0 Å². The summed E-state index contributed by atoms with van der Waals surface area (Å²) in [6, 6.07) is 10.5. The summed E-state index contributed by atoms with van der Waals surface area (Å²) in [5, 5.41) is 3.36. The van der Waals surface area contributed by atoms with Gasteiger partial charge in [0.05, 0.1) is 6.61 Å². The quantitative estimate of drug-likeness (QED) is 0.666. The highest BCUT2D eigenvalue weighted by molar-refractivity contribution is 14.1. The standard InChI is InChI=1S/C11H14INO/c12-11(9-13-6-7-14-11)8-10-4-2-1-3-5-10/h1-5,13H,6-9H2. The van der Waals surface area contributed by atoms with Gasteiger partial charge in [-0.25, -0.2) is 0 Å². The Balaban J connectivity index is 2.02.